The van der Waals surface area contributed by atoms with E-state index in [1.165, 1.54) is 30.2 Å². The molecule has 1 spiro atoms. The van der Waals surface area contributed by atoms with Crippen molar-refractivity contribution >= 4 is 23.4 Å². The average Bonchev–Trinajstić information content (AvgIpc) is 3.50. The lowest BCUT2D eigenvalue weighted by Gasteiger charge is -2.32. The molecule has 2 bridgehead atoms. The predicted octanol–water partition coefficient (Wildman–Crippen LogP) is 1.88. The molecule has 2 N–H and O–H groups in total. The number of rotatable bonds is 8. The molecule has 3 heterocycles. The largest absolute Gasteiger partial charge is 0.383 e. The summed E-state index contributed by atoms with van der Waals surface area (Å²) in [4.78, 5) is 41.8. The van der Waals surface area contributed by atoms with Gasteiger partial charge >= 0.3 is 0 Å². The van der Waals surface area contributed by atoms with Gasteiger partial charge < -0.3 is 25.0 Å². The molecular weight excluding hydrogens is 453 g/mol. The lowest BCUT2D eigenvalue weighted by Crippen LogP contribution is -2.55. The number of carbonyl (C=O) groups is 3. The first-order chi connectivity index (χ1) is 17.0. The van der Waals surface area contributed by atoms with Crippen LogP contribution in [-0.2, 0) is 30.4 Å². The van der Waals surface area contributed by atoms with Gasteiger partial charge in [-0.15, -0.1) is 0 Å². The predicted molar refractivity (Wildman–Crippen MR) is 124 cm³/mol. The van der Waals surface area contributed by atoms with E-state index in [4.69, 9.17) is 9.47 Å². The van der Waals surface area contributed by atoms with E-state index >= 15 is 0 Å². The highest BCUT2D eigenvalue weighted by Crippen LogP contribution is 2.55. The summed E-state index contributed by atoms with van der Waals surface area (Å²) in [6, 6.07) is 14.3. The standard InChI is InChI=1S/C26H26FN3O5/c1-34-14-13-30-22(24(32)28-15-16-7-3-2-4-8-16)26-12-11-19(35-26)20(21(26)25(30)33)23(31)29-18-10-6-5-9-17(18)27/h2-12,19-22H,13-15H2,1H3,(H,28,32)(H,29,31)/t19-,20+,21+,22-,26+/m1/s1. The number of benzene rings is 2. The summed E-state index contributed by atoms with van der Waals surface area (Å²) < 4.78 is 25.6. The van der Waals surface area contributed by atoms with Crippen molar-refractivity contribution in [1.82, 2.24) is 10.2 Å². The summed E-state index contributed by atoms with van der Waals surface area (Å²) in [5.41, 5.74) is -0.345. The van der Waals surface area contributed by atoms with Crippen molar-refractivity contribution in [3.05, 3.63) is 78.1 Å². The zero-order chi connectivity index (χ0) is 24.6. The van der Waals surface area contributed by atoms with Gasteiger partial charge in [0.05, 0.1) is 30.2 Å². The van der Waals surface area contributed by atoms with Gasteiger partial charge in [-0.1, -0.05) is 54.6 Å². The Morgan fingerprint density at radius 1 is 1.11 bits per heavy atom. The number of hydrogen-bond donors (Lipinski definition) is 2. The third kappa shape index (κ3) is 3.90. The molecule has 2 fully saturated rings. The number of para-hydroxylation sites is 1. The maximum atomic E-state index is 14.2. The number of nitrogens with zero attached hydrogens (tertiary/aromatic N) is 1. The van der Waals surface area contributed by atoms with Crippen LogP contribution in [0.5, 0.6) is 0 Å². The highest BCUT2D eigenvalue weighted by molar-refractivity contribution is 6.02. The van der Waals surface area contributed by atoms with Gasteiger partial charge in [0.1, 0.15) is 17.5 Å². The minimum Gasteiger partial charge on any atom is -0.383 e. The summed E-state index contributed by atoms with van der Waals surface area (Å²) in [5.74, 6) is -3.64. The fourth-order valence-corrected chi connectivity index (χ4v) is 5.36. The lowest BCUT2D eigenvalue weighted by atomic mass is 9.74. The molecule has 3 amide bonds. The Morgan fingerprint density at radius 3 is 2.60 bits per heavy atom. The van der Waals surface area contributed by atoms with Crippen molar-refractivity contribution in [2.75, 3.05) is 25.6 Å². The molecule has 2 aromatic rings. The second-order valence-corrected chi connectivity index (χ2v) is 8.90. The second kappa shape index (κ2) is 9.24. The number of ether oxygens (including phenoxy) is 2. The van der Waals surface area contributed by atoms with Crippen LogP contribution in [0.4, 0.5) is 10.1 Å². The fourth-order valence-electron chi connectivity index (χ4n) is 5.36. The molecule has 0 saturated carbocycles. The molecule has 3 aliphatic rings. The van der Waals surface area contributed by atoms with E-state index in [0.29, 0.717) is 0 Å². The molecule has 5 atom stereocenters. The van der Waals surface area contributed by atoms with Crippen LogP contribution in [0, 0.1) is 17.7 Å². The summed E-state index contributed by atoms with van der Waals surface area (Å²) in [7, 11) is 1.51. The molecule has 0 radical (unpaired) electrons. The third-order valence-electron chi connectivity index (χ3n) is 6.90. The molecule has 0 unspecified atom stereocenters. The summed E-state index contributed by atoms with van der Waals surface area (Å²) >= 11 is 0. The molecule has 2 aromatic carbocycles. The second-order valence-electron chi connectivity index (χ2n) is 8.90. The van der Waals surface area contributed by atoms with Crippen molar-refractivity contribution in [2.24, 2.45) is 11.8 Å². The molecule has 182 valence electrons. The summed E-state index contributed by atoms with van der Waals surface area (Å²) in [6.45, 7) is 0.671. The highest BCUT2D eigenvalue weighted by Gasteiger charge is 2.72. The molecule has 0 aromatic heterocycles. The van der Waals surface area contributed by atoms with Crippen LogP contribution < -0.4 is 10.6 Å². The molecule has 3 aliphatic heterocycles. The Labute approximate surface area is 202 Å². The first-order valence-corrected chi connectivity index (χ1v) is 11.5. The number of fused-ring (bicyclic) bond motifs is 1. The van der Waals surface area contributed by atoms with Crippen molar-refractivity contribution in [2.45, 2.75) is 24.3 Å². The van der Waals surface area contributed by atoms with Gasteiger partial charge in [0.15, 0.2) is 0 Å². The number of methoxy groups -OCH3 is 1. The van der Waals surface area contributed by atoms with Gasteiger partial charge in [0.2, 0.25) is 17.7 Å². The van der Waals surface area contributed by atoms with Gasteiger partial charge in [0, 0.05) is 20.2 Å². The van der Waals surface area contributed by atoms with E-state index in [1.807, 2.05) is 30.3 Å². The van der Waals surface area contributed by atoms with Crippen molar-refractivity contribution in [1.29, 1.82) is 0 Å². The average molecular weight is 480 g/mol. The fraction of sp³-hybridized carbons (Fsp3) is 0.346. The maximum Gasteiger partial charge on any atom is 0.246 e. The number of nitrogens with one attached hydrogen (secondary N) is 2. The van der Waals surface area contributed by atoms with E-state index in [0.717, 1.165) is 5.56 Å². The van der Waals surface area contributed by atoms with Crippen LogP contribution in [0.1, 0.15) is 5.56 Å². The number of anilines is 1. The molecular formula is C26H26FN3O5. The minimum atomic E-state index is -1.28. The first-order valence-electron chi connectivity index (χ1n) is 11.5. The Hall–Kier alpha value is -3.56. The van der Waals surface area contributed by atoms with Crippen molar-refractivity contribution in [3.8, 4) is 0 Å². The Morgan fingerprint density at radius 2 is 1.86 bits per heavy atom. The quantitative estimate of drug-likeness (QED) is 0.564. The summed E-state index contributed by atoms with van der Waals surface area (Å²) in [5, 5.41) is 5.50. The van der Waals surface area contributed by atoms with Crippen LogP contribution in [0.15, 0.2) is 66.7 Å². The third-order valence-corrected chi connectivity index (χ3v) is 6.90. The Kier molecular flexibility index (Phi) is 6.12. The zero-order valence-corrected chi connectivity index (χ0v) is 19.1. The van der Waals surface area contributed by atoms with Crippen LogP contribution in [-0.4, -0.2) is 60.6 Å². The van der Waals surface area contributed by atoms with Gasteiger partial charge in [-0.3, -0.25) is 14.4 Å². The van der Waals surface area contributed by atoms with Crippen molar-refractivity contribution in [3.63, 3.8) is 0 Å². The topological polar surface area (TPSA) is 97.0 Å². The molecule has 5 rings (SSSR count). The van der Waals surface area contributed by atoms with Gasteiger partial charge in [-0.2, -0.15) is 0 Å². The normalized spacial score (nSPS) is 28.3. The van der Waals surface area contributed by atoms with E-state index in [-0.39, 0.29) is 37.2 Å². The van der Waals surface area contributed by atoms with E-state index in [2.05, 4.69) is 10.6 Å². The SMILES string of the molecule is COCCN1C(=O)[C@@H]2[C@@H](C(=O)Nc3ccccc3F)[C@H]3C=C[C@@]2(O3)[C@H]1C(=O)NCc1ccccc1. The smallest absolute Gasteiger partial charge is 0.246 e. The minimum absolute atomic E-state index is 0.0251. The Balaban J connectivity index is 1.42. The van der Waals surface area contributed by atoms with E-state index in [9.17, 15) is 18.8 Å². The van der Waals surface area contributed by atoms with Crippen LogP contribution in [0.2, 0.25) is 0 Å². The molecule has 35 heavy (non-hydrogen) atoms. The van der Waals surface area contributed by atoms with Gasteiger partial charge in [-0.25, -0.2) is 4.39 Å². The molecule has 2 saturated heterocycles. The lowest BCUT2D eigenvalue weighted by molar-refractivity contribution is -0.141. The zero-order valence-electron chi connectivity index (χ0n) is 19.1. The molecule has 8 nitrogen and oxygen atoms in total. The van der Waals surface area contributed by atoms with Crippen LogP contribution in [0.25, 0.3) is 0 Å². The molecule has 9 heteroatoms. The number of amides is 3. The van der Waals surface area contributed by atoms with E-state index < -0.39 is 41.3 Å². The van der Waals surface area contributed by atoms with Crippen LogP contribution >= 0.6 is 0 Å². The highest BCUT2D eigenvalue weighted by atomic mass is 19.1. The van der Waals surface area contributed by atoms with E-state index in [1.54, 1.807) is 18.2 Å². The van der Waals surface area contributed by atoms with Gasteiger partial charge in [-0.05, 0) is 17.7 Å². The van der Waals surface area contributed by atoms with Crippen LogP contribution in [0.3, 0.4) is 0 Å². The number of hydrogen-bond acceptors (Lipinski definition) is 5. The number of carbonyl (C=O) groups excluding carboxylic acids is 3. The maximum absolute atomic E-state index is 14.2. The first kappa shape index (κ1) is 23.2. The number of halogens is 1. The van der Waals surface area contributed by atoms with Gasteiger partial charge in [0.25, 0.3) is 0 Å². The number of likely N-dealkylation sites (tertiary alicyclic amines) is 1. The monoisotopic (exact) mass is 479 g/mol. The summed E-state index contributed by atoms with van der Waals surface area (Å²) in [6.07, 6.45) is 2.75. The Bertz CT molecular complexity index is 1170. The molecule has 0 aliphatic carbocycles. The van der Waals surface area contributed by atoms with Crippen molar-refractivity contribution < 1.29 is 28.2 Å².